The van der Waals surface area contributed by atoms with E-state index in [2.05, 4.69) is 5.29 Å². The molecule has 94 valence electrons. The first kappa shape index (κ1) is 13.1. The zero-order chi connectivity index (χ0) is 13.0. The zero-order valence-electron chi connectivity index (χ0n) is 9.66. The van der Waals surface area contributed by atoms with Crippen molar-refractivity contribution in [2.24, 2.45) is 19.4 Å². The number of rotatable bonds is 5. The fourth-order valence-corrected chi connectivity index (χ4v) is 1.39. The molecule has 0 atom stereocenters. The maximum absolute atomic E-state index is 11.6. The summed E-state index contributed by atoms with van der Waals surface area (Å²) in [5, 5.41) is 12.4. The minimum Gasteiger partial charge on any atom is -0.396 e. The molecule has 17 heavy (non-hydrogen) atoms. The molecule has 0 amide bonds. The molecule has 0 saturated heterocycles. The van der Waals surface area contributed by atoms with Crippen LogP contribution < -0.4 is 16.3 Å². The van der Waals surface area contributed by atoms with Gasteiger partial charge in [-0.05, 0) is 6.42 Å². The number of anilines is 1. The molecule has 1 aromatic rings. The molecule has 8 heteroatoms. The molecule has 0 aliphatic carbocycles. The van der Waals surface area contributed by atoms with E-state index >= 15 is 0 Å². The van der Waals surface area contributed by atoms with Gasteiger partial charge in [-0.3, -0.25) is 13.9 Å². The van der Waals surface area contributed by atoms with Crippen LogP contribution in [0.1, 0.15) is 6.42 Å². The monoisotopic (exact) mass is 242 g/mol. The highest BCUT2D eigenvalue weighted by Crippen LogP contribution is 2.09. The maximum Gasteiger partial charge on any atom is 0.332 e. The van der Waals surface area contributed by atoms with Crippen molar-refractivity contribution in [2.75, 3.05) is 18.2 Å². The Kier molecular flexibility index (Phi) is 4.16. The molecule has 1 N–H and O–H groups in total. The van der Waals surface area contributed by atoms with Gasteiger partial charge < -0.3 is 5.11 Å². The molecule has 0 spiro atoms. The summed E-state index contributed by atoms with van der Waals surface area (Å²) in [5.74, 6) is 0.113. The predicted octanol–water partition coefficient (Wildman–Crippen LogP) is -1.05. The lowest BCUT2D eigenvalue weighted by atomic mass is 10.4. The van der Waals surface area contributed by atoms with Crippen LogP contribution in [0, 0.1) is 4.91 Å². The summed E-state index contributed by atoms with van der Waals surface area (Å²) in [6, 6.07) is 1.15. The van der Waals surface area contributed by atoms with Crippen LogP contribution in [0.5, 0.6) is 0 Å². The molecule has 1 rings (SSSR count). The number of nitroso groups, excluding NO2 is 1. The van der Waals surface area contributed by atoms with Crippen LogP contribution in [0.2, 0.25) is 0 Å². The van der Waals surface area contributed by atoms with Crippen LogP contribution in [0.4, 0.5) is 5.82 Å². The summed E-state index contributed by atoms with van der Waals surface area (Å²) in [5.41, 5.74) is -1.05. The fraction of sp³-hybridized carbons (Fsp3) is 0.556. The van der Waals surface area contributed by atoms with Gasteiger partial charge in [0.15, 0.2) is 0 Å². The van der Waals surface area contributed by atoms with Gasteiger partial charge in [-0.1, -0.05) is 0 Å². The Labute approximate surface area is 96.7 Å². The molecule has 0 radical (unpaired) electrons. The Hall–Kier alpha value is -1.96. The smallest absolute Gasteiger partial charge is 0.332 e. The van der Waals surface area contributed by atoms with Gasteiger partial charge in [0.1, 0.15) is 5.82 Å². The van der Waals surface area contributed by atoms with E-state index in [1.165, 1.54) is 14.1 Å². The van der Waals surface area contributed by atoms with E-state index in [1.807, 2.05) is 0 Å². The van der Waals surface area contributed by atoms with Gasteiger partial charge in [0.2, 0.25) is 0 Å². The minimum atomic E-state index is -0.537. The number of hydrogen-bond donors (Lipinski definition) is 1. The average Bonchev–Trinajstić information content (AvgIpc) is 2.33. The van der Waals surface area contributed by atoms with Crippen LogP contribution in [0.15, 0.2) is 20.9 Å². The molecular formula is C9H14N4O4. The zero-order valence-corrected chi connectivity index (χ0v) is 9.66. The van der Waals surface area contributed by atoms with Gasteiger partial charge in [0.05, 0.1) is 5.29 Å². The van der Waals surface area contributed by atoms with Crippen molar-refractivity contribution in [2.45, 2.75) is 6.42 Å². The summed E-state index contributed by atoms with van der Waals surface area (Å²) < 4.78 is 2.08. The van der Waals surface area contributed by atoms with Crippen molar-refractivity contribution in [3.63, 3.8) is 0 Å². The van der Waals surface area contributed by atoms with Gasteiger partial charge in [0.25, 0.3) is 5.56 Å². The highest BCUT2D eigenvalue weighted by atomic mass is 16.3. The Morgan fingerprint density at radius 1 is 1.35 bits per heavy atom. The van der Waals surface area contributed by atoms with Crippen LogP contribution in [0.3, 0.4) is 0 Å². The highest BCUT2D eigenvalue weighted by molar-refractivity contribution is 5.36. The van der Waals surface area contributed by atoms with Crippen molar-refractivity contribution in [3.05, 3.63) is 31.8 Å². The Morgan fingerprint density at radius 2 is 2.00 bits per heavy atom. The lowest BCUT2D eigenvalue weighted by molar-refractivity contribution is 0.289. The normalized spacial score (nSPS) is 10.3. The second-order valence-corrected chi connectivity index (χ2v) is 3.52. The van der Waals surface area contributed by atoms with Crippen molar-refractivity contribution in [1.82, 2.24) is 9.13 Å². The van der Waals surface area contributed by atoms with E-state index in [0.717, 1.165) is 20.2 Å². The summed E-state index contributed by atoms with van der Waals surface area (Å²) in [4.78, 5) is 33.7. The van der Waals surface area contributed by atoms with E-state index in [0.29, 0.717) is 6.42 Å². The largest absolute Gasteiger partial charge is 0.396 e. The Morgan fingerprint density at radius 3 is 2.53 bits per heavy atom. The van der Waals surface area contributed by atoms with Gasteiger partial charge in [0, 0.05) is 33.3 Å². The van der Waals surface area contributed by atoms with Crippen LogP contribution in [0.25, 0.3) is 0 Å². The first-order chi connectivity index (χ1) is 8.02. The number of hydrogen-bond acceptors (Lipinski definition) is 5. The summed E-state index contributed by atoms with van der Waals surface area (Å²) in [7, 11) is 2.79. The topological polar surface area (TPSA) is 96.9 Å². The van der Waals surface area contributed by atoms with Crippen molar-refractivity contribution in [1.29, 1.82) is 0 Å². The summed E-state index contributed by atoms with van der Waals surface area (Å²) >= 11 is 0. The summed E-state index contributed by atoms with van der Waals surface area (Å²) in [6.07, 6.45) is 0.315. The number of nitrogens with zero attached hydrogens (tertiary/aromatic N) is 4. The molecule has 0 fully saturated rings. The van der Waals surface area contributed by atoms with Crippen molar-refractivity contribution in [3.8, 4) is 0 Å². The standard InChI is InChI=1S/C9H14N4O4/c1-11-7(13(10-17)4-3-5-14)6-8(15)12(2)9(11)16/h6,14H,3-5H2,1-2H3. The third-order valence-corrected chi connectivity index (χ3v) is 2.39. The Bertz CT molecular complexity index is 519. The predicted molar refractivity (Wildman–Crippen MR) is 61.8 cm³/mol. The fourth-order valence-electron chi connectivity index (χ4n) is 1.39. The molecule has 1 heterocycles. The number of aliphatic hydroxyl groups excluding tert-OH is 1. The van der Waals surface area contributed by atoms with Crippen molar-refractivity contribution < 1.29 is 5.11 Å². The minimum absolute atomic E-state index is 0.106. The number of aliphatic hydroxyl groups is 1. The maximum atomic E-state index is 11.6. The average molecular weight is 242 g/mol. The van der Waals surface area contributed by atoms with Gasteiger partial charge in [-0.25, -0.2) is 9.80 Å². The van der Waals surface area contributed by atoms with Crippen LogP contribution >= 0.6 is 0 Å². The van der Waals surface area contributed by atoms with Crippen LogP contribution in [-0.2, 0) is 14.1 Å². The third-order valence-electron chi connectivity index (χ3n) is 2.39. The van der Waals surface area contributed by atoms with E-state index < -0.39 is 11.2 Å². The van der Waals surface area contributed by atoms with Gasteiger partial charge >= 0.3 is 5.69 Å². The first-order valence-electron chi connectivity index (χ1n) is 5.01. The van der Waals surface area contributed by atoms with Crippen LogP contribution in [-0.4, -0.2) is 27.4 Å². The molecule has 8 nitrogen and oxygen atoms in total. The highest BCUT2D eigenvalue weighted by Gasteiger charge is 2.13. The second-order valence-electron chi connectivity index (χ2n) is 3.52. The lowest BCUT2D eigenvalue weighted by Gasteiger charge is -2.17. The molecule has 0 aromatic carbocycles. The van der Waals surface area contributed by atoms with Crippen molar-refractivity contribution >= 4 is 5.82 Å². The van der Waals surface area contributed by atoms with E-state index in [-0.39, 0.29) is 19.0 Å². The molecule has 0 aliphatic heterocycles. The molecule has 0 unspecified atom stereocenters. The molecule has 0 bridgehead atoms. The van der Waals surface area contributed by atoms with Gasteiger partial charge in [-0.2, -0.15) is 0 Å². The van der Waals surface area contributed by atoms with E-state index in [9.17, 15) is 14.5 Å². The SMILES string of the molecule is Cn1c(N(CCCO)N=O)cc(=O)n(C)c1=O. The Balaban J connectivity index is 3.25. The molecule has 1 aromatic heterocycles. The third kappa shape index (κ3) is 2.59. The lowest BCUT2D eigenvalue weighted by Crippen LogP contribution is -2.39. The molecular weight excluding hydrogens is 228 g/mol. The molecule has 0 saturated carbocycles. The van der Waals surface area contributed by atoms with E-state index in [4.69, 9.17) is 5.11 Å². The van der Waals surface area contributed by atoms with Gasteiger partial charge in [-0.15, -0.1) is 4.91 Å². The number of aromatic nitrogens is 2. The molecule has 0 aliphatic rings. The first-order valence-corrected chi connectivity index (χ1v) is 5.01. The summed E-state index contributed by atoms with van der Waals surface area (Å²) in [6.45, 7) is 0.0330. The second kappa shape index (κ2) is 5.39. The van der Waals surface area contributed by atoms with E-state index in [1.54, 1.807) is 0 Å². The quantitative estimate of drug-likeness (QED) is 0.525.